The zero-order valence-electron chi connectivity index (χ0n) is 11.5. The average Bonchev–Trinajstić information content (AvgIpc) is 2.47. The van der Waals surface area contributed by atoms with Crippen molar-refractivity contribution in [1.29, 1.82) is 0 Å². The van der Waals surface area contributed by atoms with Crippen LogP contribution in [-0.4, -0.2) is 12.0 Å². The third-order valence-corrected chi connectivity index (χ3v) is 3.22. The van der Waals surface area contributed by atoms with Crippen molar-refractivity contribution in [1.82, 2.24) is 5.32 Å². The molecular formula is C15H15ClN2O3. The molecule has 0 fully saturated rings. The van der Waals surface area contributed by atoms with E-state index in [4.69, 9.17) is 16.3 Å². The van der Waals surface area contributed by atoms with Crippen LogP contribution >= 0.6 is 11.6 Å². The minimum atomic E-state index is -0.445. The van der Waals surface area contributed by atoms with Crippen LogP contribution in [0.15, 0.2) is 42.5 Å². The average molecular weight is 307 g/mol. The number of nitro groups is 1. The summed E-state index contributed by atoms with van der Waals surface area (Å²) < 4.78 is 4.97. The minimum Gasteiger partial charge on any atom is -0.490 e. The molecule has 2 aromatic carbocycles. The van der Waals surface area contributed by atoms with Crippen LogP contribution in [0.2, 0.25) is 5.02 Å². The first-order chi connectivity index (χ1) is 10.1. The summed E-state index contributed by atoms with van der Waals surface area (Å²) in [6.45, 7) is 1.16. The molecule has 0 saturated heterocycles. The lowest BCUT2D eigenvalue weighted by molar-refractivity contribution is -0.385. The highest BCUT2D eigenvalue weighted by molar-refractivity contribution is 6.30. The number of benzene rings is 2. The van der Waals surface area contributed by atoms with Crippen LogP contribution in [0.3, 0.4) is 0 Å². The smallest absolute Gasteiger partial charge is 0.311 e. The topological polar surface area (TPSA) is 64.4 Å². The molecule has 1 N–H and O–H groups in total. The molecular weight excluding hydrogens is 292 g/mol. The molecule has 0 heterocycles. The molecule has 21 heavy (non-hydrogen) atoms. The highest BCUT2D eigenvalue weighted by atomic mass is 35.5. The van der Waals surface area contributed by atoms with Crippen LogP contribution in [0.5, 0.6) is 5.75 Å². The summed E-state index contributed by atoms with van der Waals surface area (Å²) in [7, 11) is 1.42. The van der Waals surface area contributed by atoms with Gasteiger partial charge >= 0.3 is 5.69 Å². The lowest BCUT2D eigenvalue weighted by atomic mass is 10.1. The summed E-state index contributed by atoms with van der Waals surface area (Å²) in [6, 6.07) is 12.5. The SMILES string of the molecule is COc1ccc(CNCc2cccc(Cl)c2)cc1[N+](=O)[O-]. The van der Waals surface area contributed by atoms with E-state index in [1.54, 1.807) is 12.1 Å². The van der Waals surface area contributed by atoms with Gasteiger partial charge in [-0.1, -0.05) is 29.8 Å². The van der Waals surface area contributed by atoms with Gasteiger partial charge in [0.1, 0.15) is 0 Å². The Morgan fingerprint density at radius 1 is 1.19 bits per heavy atom. The van der Waals surface area contributed by atoms with Gasteiger partial charge in [-0.3, -0.25) is 10.1 Å². The third kappa shape index (κ3) is 4.18. The summed E-state index contributed by atoms with van der Waals surface area (Å²) >= 11 is 5.91. The number of halogens is 1. The van der Waals surface area contributed by atoms with Crippen LogP contribution in [0.4, 0.5) is 5.69 Å². The molecule has 5 nitrogen and oxygen atoms in total. The molecule has 0 unspecified atom stereocenters. The number of methoxy groups -OCH3 is 1. The zero-order valence-corrected chi connectivity index (χ0v) is 12.3. The fourth-order valence-electron chi connectivity index (χ4n) is 1.99. The first-order valence-electron chi connectivity index (χ1n) is 6.36. The minimum absolute atomic E-state index is 0.0282. The number of nitrogens with one attached hydrogen (secondary N) is 1. The summed E-state index contributed by atoms with van der Waals surface area (Å²) in [5, 5.41) is 14.9. The molecule has 0 saturated carbocycles. The molecule has 110 valence electrons. The number of hydrogen-bond acceptors (Lipinski definition) is 4. The normalized spacial score (nSPS) is 10.4. The molecule has 0 amide bonds. The predicted octanol–water partition coefficient (Wildman–Crippen LogP) is 3.55. The molecule has 0 radical (unpaired) electrons. The Hall–Kier alpha value is -2.11. The van der Waals surface area contributed by atoms with E-state index in [0.717, 1.165) is 11.1 Å². The maximum atomic E-state index is 11.0. The van der Waals surface area contributed by atoms with Crippen LogP contribution < -0.4 is 10.1 Å². The van der Waals surface area contributed by atoms with Crippen LogP contribution in [0, 0.1) is 10.1 Å². The monoisotopic (exact) mass is 306 g/mol. The van der Waals surface area contributed by atoms with Crippen LogP contribution in [0.1, 0.15) is 11.1 Å². The standard InChI is InChI=1S/C15H15ClN2O3/c1-21-15-6-5-12(8-14(15)18(19)20)10-17-9-11-3-2-4-13(16)7-11/h2-8,17H,9-10H2,1H3. The van der Waals surface area contributed by atoms with Crippen molar-refractivity contribution in [2.75, 3.05) is 7.11 Å². The molecule has 0 aliphatic heterocycles. The van der Waals surface area contributed by atoms with E-state index in [1.165, 1.54) is 13.2 Å². The Balaban J connectivity index is 2.00. The van der Waals surface area contributed by atoms with Gasteiger partial charge in [0.2, 0.25) is 0 Å². The van der Waals surface area contributed by atoms with Gasteiger partial charge in [-0.05, 0) is 29.3 Å². The third-order valence-electron chi connectivity index (χ3n) is 2.99. The molecule has 0 aliphatic carbocycles. The molecule has 0 spiro atoms. The van der Waals surface area contributed by atoms with Crippen molar-refractivity contribution >= 4 is 17.3 Å². The first kappa shape index (κ1) is 15.3. The van der Waals surface area contributed by atoms with E-state index in [1.807, 2.05) is 24.3 Å². The van der Waals surface area contributed by atoms with Crippen molar-refractivity contribution < 1.29 is 9.66 Å². The maximum absolute atomic E-state index is 11.0. The number of ether oxygens (including phenoxy) is 1. The number of rotatable bonds is 6. The second-order valence-electron chi connectivity index (χ2n) is 4.50. The maximum Gasteiger partial charge on any atom is 0.311 e. The number of hydrogen-bond donors (Lipinski definition) is 1. The van der Waals surface area contributed by atoms with Crippen molar-refractivity contribution in [3.05, 3.63) is 68.7 Å². The molecule has 0 aromatic heterocycles. The Labute approximate surface area is 127 Å². The lowest BCUT2D eigenvalue weighted by Crippen LogP contribution is -2.12. The van der Waals surface area contributed by atoms with Crippen LogP contribution in [0.25, 0.3) is 0 Å². The van der Waals surface area contributed by atoms with Gasteiger partial charge in [0, 0.05) is 24.2 Å². The first-order valence-corrected chi connectivity index (χ1v) is 6.74. The quantitative estimate of drug-likeness (QED) is 0.655. The number of nitro benzene ring substituents is 1. The Morgan fingerprint density at radius 2 is 1.90 bits per heavy atom. The molecule has 0 atom stereocenters. The van der Waals surface area contributed by atoms with Crippen molar-refractivity contribution in [3.8, 4) is 5.75 Å². The molecule has 6 heteroatoms. The van der Waals surface area contributed by atoms with E-state index in [0.29, 0.717) is 18.1 Å². The summed E-state index contributed by atoms with van der Waals surface area (Å²) in [6.07, 6.45) is 0. The lowest BCUT2D eigenvalue weighted by Gasteiger charge is -2.07. The summed E-state index contributed by atoms with van der Waals surface area (Å²) in [5.41, 5.74) is 1.86. The van der Waals surface area contributed by atoms with Gasteiger partial charge in [-0.25, -0.2) is 0 Å². The van der Waals surface area contributed by atoms with E-state index < -0.39 is 4.92 Å². The van der Waals surface area contributed by atoms with Crippen molar-refractivity contribution in [3.63, 3.8) is 0 Å². The second kappa shape index (κ2) is 7.06. The fourth-order valence-corrected chi connectivity index (χ4v) is 2.20. The highest BCUT2D eigenvalue weighted by Gasteiger charge is 2.14. The molecule has 0 bridgehead atoms. The van der Waals surface area contributed by atoms with Gasteiger partial charge in [0.25, 0.3) is 0 Å². The molecule has 0 aliphatic rings. The predicted molar refractivity (Wildman–Crippen MR) is 81.6 cm³/mol. The van der Waals surface area contributed by atoms with Gasteiger partial charge < -0.3 is 10.1 Å². The Bertz CT molecular complexity index is 647. The van der Waals surface area contributed by atoms with Gasteiger partial charge in [0.05, 0.1) is 12.0 Å². The number of nitrogens with zero attached hydrogens (tertiary/aromatic N) is 1. The van der Waals surface area contributed by atoms with Crippen LogP contribution in [-0.2, 0) is 13.1 Å². The summed E-state index contributed by atoms with van der Waals surface area (Å²) in [5.74, 6) is 0.263. The van der Waals surface area contributed by atoms with Gasteiger partial charge in [0.15, 0.2) is 5.75 Å². The fraction of sp³-hybridized carbons (Fsp3) is 0.200. The summed E-state index contributed by atoms with van der Waals surface area (Å²) in [4.78, 5) is 10.5. The molecule has 2 rings (SSSR count). The Morgan fingerprint density at radius 3 is 2.52 bits per heavy atom. The van der Waals surface area contributed by atoms with E-state index in [-0.39, 0.29) is 11.4 Å². The van der Waals surface area contributed by atoms with E-state index >= 15 is 0 Å². The van der Waals surface area contributed by atoms with E-state index in [2.05, 4.69) is 5.32 Å². The van der Waals surface area contributed by atoms with Crippen molar-refractivity contribution in [2.45, 2.75) is 13.1 Å². The largest absolute Gasteiger partial charge is 0.490 e. The second-order valence-corrected chi connectivity index (χ2v) is 4.93. The van der Waals surface area contributed by atoms with Gasteiger partial charge in [-0.2, -0.15) is 0 Å². The highest BCUT2D eigenvalue weighted by Crippen LogP contribution is 2.27. The van der Waals surface area contributed by atoms with Gasteiger partial charge in [-0.15, -0.1) is 0 Å². The van der Waals surface area contributed by atoms with E-state index in [9.17, 15) is 10.1 Å². The zero-order chi connectivity index (χ0) is 15.2. The molecule has 2 aromatic rings. The van der Waals surface area contributed by atoms with Crippen molar-refractivity contribution in [2.24, 2.45) is 0 Å². The Kier molecular flexibility index (Phi) is 5.14.